The molecule has 314 valence electrons. The molecule has 0 aromatic carbocycles. The maximum absolute atomic E-state index is 12.5. The minimum absolute atomic E-state index is 0.0542. The number of carbonyl (C=O) groups is 3. The van der Waals surface area contributed by atoms with Crippen LogP contribution in [0.3, 0.4) is 0 Å². The van der Waals surface area contributed by atoms with Crippen molar-refractivity contribution in [3.63, 3.8) is 0 Å². The van der Waals surface area contributed by atoms with Gasteiger partial charge in [0.05, 0.1) is 13.2 Å². The van der Waals surface area contributed by atoms with Gasteiger partial charge in [0.25, 0.3) is 0 Å². The van der Waals surface area contributed by atoms with Gasteiger partial charge in [0.2, 0.25) is 0 Å². The molecule has 0 bridgehead atoms. The van der Waals surface area contributed by atoms with Crippen LogP contribution in [0.2, 0.25) is 0 Å². The highest BCUT2D eigenvalue weighted by Gasteiger charge is 2.28. The fraction of sp³-hybridized carbons (Fsp3) is 0.523. The van der Waals surface area contributed by atoms with E-state index in [1.807, 2.05) is 54.7 Å². The molecule has 3 atom stereocenters. The summed E-state index contributed by atoms with van der Waals surface area (Å²) in [5.41, 5.74) is 5.31. The maximum atomic E-state index is 12.5. The molecule has 0 saturated heterocycles. The molecule has 11 nitrogen and oxygen atoms in total. The molecular weight excluding hydrogens is 733 g/mol. The predicted octanol–water partition coefficient (Wildman–Crippen LogP) is 10.3. The van der Waals surface area contributed by atoms with Gasteiger partial charge in [-0.25, -0.2) is 4.57 Å². The van der Waals surface area contributed by atoms with Gasteiger partial charge in [-0.05, 0) is 64.2 Å². The number of rotatable bonds is 35. The van der Waals surface area contributed by atoms with Gasteiger partial charge in [-0.3, -0.25) is 23.4 Å². The molecule has 4 N–H and O–H groups in total. The number of esters is 2. The number of carboxylic acids is 1. The lowest BCUT2D eigenvalue weighted by Crippen LogP contribution is -2.34. The third-order valence-electron chi connectivity index (χ3n) is 7.64. The van der Waals surface area contributed by atoms with E-state index in [4.69, 9.17) is 24.8 Å². The Hall–Kier alpha value is -3.86. The summed E-state index contributed by atoms with van der Waals surface area (Å²) in [4.78, 5) is 45.8. The topological polar surface area (TPSA) is 172 Å². The monoisotopic (exact) mass is 801 g/mol. The lowest BCUT2D eigenvalue weighted by Gasteiger charge is -2.20. The Morgan fingerprint density at radius 3 is 1.66 bits per heavy atom. The summed E-state index contributed by atoms with van der Waals surface area (Å²) in [7, 11) is -4.74. The van der Waals surface area contributed by atoms with Crippen LogP contribution in [0.1, 0.15) is 117 Å². The van der Waals surface area contributed by atoms with Gasteiger partial charge in [0.15, 0.2) is 6.10 Å². The number of hydrogen-bond donors (Lipinski definition) is 3. The minimum atomic E-state index is -4.74. The average molecular weight is 802 g/mol. The number of phosphoric acid groups is 1. The molecule has 0 amide bonds. The van der Waals surface area contributed by atoms with Crippen LogP contribution >= 0.6 is 7.82 Å². The van der Waals surface area contributed by atoms with Crippen LogP contribution in [0.5, 0.6) is 0 Å². The SMILES string of the molecule is CC/C=C/C=C/C=C/C=C/C=C/CCCC(=O)OC(COC(=O)CCCCCCCC/C=C/C/C=C/C/C=C/C/C=C/CC)COP(=O)(O)OC[C@@H](N)C(=O)O. The van der Waals surface area contributed by atoms with E-state index in [9.17, 15) is 23.8 Å². The van der Waals surface area contributed by atoms with Crippen molar-refractivity contribution in [1.82, 2.24) is 0 Å². The smallest absolute Gasteiger partial charge is 0.472 e. The normalized spacial score (nSPS) is 14.9. The van der Waals surface area contributed by atoms with Crippen molar-refractivity contribution in [2.24, 2.45) is 5.73 Å². The number of hydrogen-bond acceptors (Lipinski definition) is 9. The van der Waals surface area contributed by atoms with Crippen LogP contribution in [0.4, 0.5) is 0 Å². The molecule has 0 aliphatic rings. The van der Waals surface area contributed by atoms with Crippen molar-refractivity contribution in [2.45, 2.75) is 129 Å². The van der Waals surface area contributed by atoms with Crippen molar-refractivity contribution in [1.29, 1.82) is 0 Å². The quantitative estimate of drug-likeness (QED) is 0.0183. The number of phosphoric ester groups is 1. The number of ether oxygens (including phenoxy) is 2. The molecule has 0 radical (unpaired) electrons. The highest BCUT2D eigenvalue weighted by molar-refractivity contribution is 7.47. The van der Waals surface area contributed by atoms with Crippen LogP contribution in [0, 0.1) is 0 Å². The van der Waals surface area contributed by atoms with Crippen molar-refractivity contribution in [3.05, 3.63) is 109 Å². The summed E-state index contributed by atoms with van der Waals surface area (Å²) in [6.07, 6.45) is 48.9. The van der Waals surface area contributed by atoms with Crippen molar-refractivity contribution in [3.8, 4) is 0 Å². The molecule has 12 heteroatoms. The van der Waals surface area contributed by atoms with Crippen molar-refractivity contribution < 1.29 is 47.5 Å². The second-order valence-corrected chi connectivity index (χ2v) is 14.2. The van der Waals surface area contributed by atoms with Crippen molar-refractivity contribution in [2.75, 3.05) is 19.8 Å². The Labute approximate surface area is 336 Å². The molecule has 0 heterocycles. The van der Waals surface area contributed by atoms with Crippen LogP contribution in [0.15, 0.2) is 109 Å². The number of unbranched alkanes of at least 4 members (excludes halogenated alkanes) is 7. The maximum Gasteiger partial charge on any atom is 0.472 e. The zero-order chi connectivity index (χ0) is 41.4. The Balaban J connectivity index is 4.53. The molecule has 0 rings (SSSR count). The first-order valence-corrected chi connectivity index (χ1v) is 21.5. The molecule has 0 aliphatic heterocycles. The van der Waals surface area contributed by atoms with Crippen LogP contribution in [-0.2, 0) is 37.5 Å². The fourth-order valence-electron chi connectivity index (χ4n) is 4.55. The van der Waals surface area contributed by atoms with Gasteiger partial charge in [0.1, 0.15) is 12.6 Å². The van der Waals surface area contributed by atoms with E-state index in [-0.39, 0.29) is 12.8 Å². The van der Waals surface area contributed by atoms with E-state index in [2.05, 4.69) is 73.1 Å². The van der Waals surface area contributed by atoms with E-state index >= 15 is 0 Å². The zero-order valence-corrected chi connectivity index (χ0v) is 34.6. The molecule has 56 heavy (non-hydrogen) atoms. The van der Waals surface area contributed by atoms with Gasteiger partial charge in [-0.15, -0.1) is 0 Å². The summed E-state index contributed by atoms with van der Waals surface area (Å²) >= 11 is 0. The lowest BCUT2D eigenvalue weighted by atomic mass is 10.1. The minimum Gasteiger partial charge on any atom is -0.480 e. The molecule has 2 unspecified atom stereocenters. The lowest BCUT2D eigenvalue weighted by molar-refractivity contribution is -0.161. The van der Waals surface area contributed by atoms with E-state index in [1.165, 1.54) is 0 Å². The number of allylic oxidation sites excluding steroid dienone is 18. The van der Waals surface area contributed by atoms with E-state index < -0.39 is 57.7 Å². The third kappa shape index (κ3) is 37.1. The Bertz CT molecular complexity index is 1360. The standard InChI is InChI=1S/C44H68NO10P/c1-3-5-7-9-11-13-15-17-18-19-20-21-22-24-25-27-29-31-33-35-42(46)52-37-40(38-53-56(50,51)54-39-41(45)44(48)49)55-43(47)36-34-32-30-28-26-23-16-14-12-10-8-6-4-2/h5-8,10-14,16-18,20-21,23,26,28,30,40-41H,3-4,9,15,19,22,24-25,27,29,31-39,45H2,1-2H3,(H,48,49)(H,50,51)/b7-5+,8-6+,12-10+,13-11+,16-14+,18-17+,21-20+,26-23+,30-28+/t40?,41-/m1/s1. The molecule has 0 aliphatic carbocycles. The van der Waals surface area contributed by atoms with Crippen LogP contribution < -0.4 is 5.73 Å². The highest BCUT2D eigenvalue weighted by Crippen LogP contribution is 2.43. The zero-order valence-electron chi connectivity index (χ0n) is 33.7. The molecule has 0 aromatic heterocycles. The Kier molecular flexibility index (Phi) is 35.4. The number of aliphatic carboxylic acids is 1. The summed E-state index contributed by atoms with van der Waals surface area (Å²) in [6.45, 7) is 2.41. The largest absolute Gasteiger partial charge is 0.480 e. The highest BCUT2D eigenvalue weighted by atomic mass is 31.2. The van der Waals surface area contributed by atoms with Crippen LogP contribution in [-0.4, -0.2) is 59.9 Å². The van der Waals surface area contributed by atoms with Crippen LogP contribution in [0.25, 0.3) is 0 Å². The molecule has 0 aromatic rings. The van der Waals surface area contributed by atoms with Gasteiger partial charge in [-0.1, -0.05) is 149 Å². The molecule has 0 fully saturated rings. The van der Waals surface area contributed by atoms with Gasteiger partial charge >= 0.3 is 25.7 Å². The predicted molar refractivity (Wildman–Crippen MR) is 226 cm³/mol. The van der Waals surface area contributed by atoms with Crippen molar-refractivity contribution >= 4 is 25.7 Å². The number of nitrogens with two attached hydrogens (primary N) is 1. The molecule has 0 spiro atoms. The second kappa shape index (κ2) is 38.0. The molecular formula is C44H68NO10P. The first-order chi connectivity index (χ1) is 27.1. The summed E-state index contributed by atoms with van der Waals surface area (Å²) < 4.78 is 32.5. The summed E-state index contributed by atoms with van der Waals surface area (Å²) in [6, 6.07) is -1.54. The fourth-order valence-corrected chi connectivity index (χ4v) is 5.33. The van der Waals surface area contributed by atoms with Gasteiger partial charge < -0.3 is 25.2 Å². The Morgan fingerprint density at radius 2 is 1.05 bits per heavy atom. The van der Waals surface area contributed by atoms with Gasteiger partial charge in [0, 0.05) is 12.8 Å². The first-order valence-electron chi connectivity index (χ1n) is 20.0. The summed E-state index contributed by atoms with van der Waals surface area (Å²) in [5.74, 6) is -2.51. The third-order valence-corrected chi connectivity index (χ3v) is 8.59. The molecule has 0 saturated carbocycles. The second-order valence-electron chi connectivity index (χ2n) is 12.8. The number of carbonyl (C=O) groups excluding carboxylic acids is 2. The van der Waals surface area contributed by atoms with E-state index in [0.717, 1.165) is 70.6 Å². The number of carboxylic acid groups (broad SMARTS) is 1. The van der Waals surface area contributed by atoms with E-state index in [0.29, 0.717) is 19.3 Å². The van der Waals surface area contributed by atoms with E-state index in [1.54, 1.807) is 0 Å². The average Bonchev–Trinajstić information content (AvgIpc) is 3.17. The van der Waals surface area contributed by atoms with Gasteiger partial charge in [-0.2, -0.15) is 0 Å². The summed E-state index contributed by atoms with van der Waals surface area (Å²) in [5, 5.41) is 8.87. The Morgan fingerprint density at radius 1 is 0.571 bits per heavy atom. The first kappa shape index (κ1) is 52.1.